The van der Waals surface area contributed by atoms with E-state index in [1.165, 1.54) is 52.8 Å². The van der Waals surface area contributed by atoms with Gasteiger partial charge in [0.1, 0.15) is 0 Å². The summed E-state index contributed by atoms with van der Waals surface area (Å²) in [6.45, 7) is 15.2. The molecule has 34 heavy (non-hydrogen) atoms. The molecule has 0 radical (unpaired) electrons. The number of benzene rings is 3. The van der Waals surface area contributed by atoms with Gasteiger partial charge in [-0.15, -0.1) is 0 Å². The van der Waals surface area contributed by atoms with Gasteiger partial charge < -0.3 is 5.32 Å². The first-order chi connectivity index (χ1) is 16.3. The smallest absolute Gasteiger partial charge is 0.0397 e. The van der Waals surface area contributed by atoms with Crippen LogP contribution in [0.25, 0.3) is 0 Å². The zero-order chi connectivity index (χ0) is 24.2. The van der Waals surface area contributed by atoms with Crippen LogP contribution in [0.15, 0.2) is 91.1 Å². The maximum Gasteiger partial charge on any atom is 0.0397 e. The third-order valence-corrected chi connectivity index (χ3v) is 8.58. The molecule has 1 saturated carbocycles. The van der Waals surface area contributed by atoms with Gasteiger partial charge in [0.15, 0.2) is 0 Å². The molecule has 1 nitrogen and oxygen atoms in total. The summed E-state index contributed by atoms with van der Waals surface area (Å²) in [6, 6.07) is 28.7. The second kappa shape index (κ2) is 10.2. The lowest BCUT2D eigenvalue weighted by atomic mass is 9.50. The molecule has 3 aromatic rings. The highest BCUT2D eigenvalue weighted by Gasteiger charge is 2.51. The molecule has 1 unspecified atom stereocenters. The van der Waals surface area contributed by atoms with Gasteiger partial charge in [0.25, 0.3) is 0 Å². The SMILES string of the molecule is C=C(NCc1ccccc1)C1CCCC(C)(C)[C@@]1(C)c1ccc(CCc2ccccc2)cc1C. The van der Waals surface area contributed by atoms with E-state index in [1.54, 1.807) is 0 Å². The highest BCUT2D eigenvalue weighted by molar-refractivity contribution is 5.41. The van der Waals surface area contributed by atoms with Crippen molar-refractivity contribution in [3.8, 4) is 0 Å². The van der Waals surface area contributed by atoms with E-state index in [9.17, 15) is 0 Å². The number of hydrogen-bond donors (Lipinski definition) is 1. The second-order valence-corrected chi connectivity index (χ2v) is 11.0. The lowest BCUT2D eigenvalue weighted by Gasteiger charge is -2.55. The normalized spacial score (nSPS) is 21.7. The molecule has 4 rings (SSSR count). The van der Waals surface area contributed by atoms with Gasteiger partial charge in [-0.25, -0.2) is 0 Å². The van der Waals surface area contributed by atoms with Crippen LogP contribution in [-0.4, -0.2) is 0 Å². The fourth-order valence-electron chi connectivity index (χ4n) is 6.18. The lowest BCUT2D eigenvalue weighted by molar-refractivity contribution is 0.0606. The average molecular weight is 452 g/mol. The van der Waals surface area contributed by atoms with Gasteiger partial charge in [-0.2, -0.15) is 0 Å². The summed E-state index contributed by atoms with van der Waals surface area (Å²) in [4.78, 5) is 0. The molecule has 0 bridgehead atoms. The Morgan fingerprint density at radius 3 is 2.12 bits per heavy atom. The minimum atomic E-state index is 0.0358. The molecule has 0 aliphatic heterocycles. The van der Waals surface area contributed by atoms with E-state index in [0.29, 0.717) is 5.92 Å². The highest BCUT2D eigenvalue weighted by atomic mass is 14.9. The molecule has 1 N–H and O–H groups in total. The standard InChI is InChI=1S/C33H41N/c1-25-23-28(19-18-27-13-8-6-9-14-27)20-21-30(25)33(5)31(17-12-22-32(33,3)4)26(2)34-24-29-15-10-7-11-16-29/h6-11,13-16,20-21,23,31,34H,2,12,17-19,22,24H2,1,3-5H3/t31?,33-/m0/s1. The van der Waals surface area contributed by atoms with Gasteiger partial charge in [0, 0.05) is 23.6 Å². The predicted octanol–water partition coefficient (Wildman–Crippen LogP) is 8.17. The number of hydrogen-bond acceptors (Lipinski definition) is 1. The summed E-state index contributed by atoms with van der Waals surface area (Å²) in [7, 11) is 0. The second-order valence-electron chi connectivity index (χ2n) is 11.0. The van der Waals surface area contributed by atoms with Gasteiger partial charge in [-0.3, -0.25) is 0 Å². The molecule has 0 saturated heterocycles. The summed E-state index contributed by atoms with van der Waals surface area (Å²) < 4.78 is 0. The summed E-state index contributed by atoms with van der Waals surface area (Å²) in [6.07, 6.45) is 5.87. The molecule has 0 amide bonds. The van der Waals surface area contributed by atoms with Gasteiger partial charge in [0.2, 0.25) is 0 Å². The summed E-state index contributed by atoms with van der Waals surface area (Å²) in [5.41, 5.74) is 8.48. The molecule has 0 spiro atoms. The summed E-state index contributed by atoms with van der Waals surface area (Å²) in [5, 5.41) is 3.71. The molecule has 0 heterocycles. The highest BCUT2D eigenvalue weighted by Crippen LogP contribution is 2.57. The fraction of sp³-hybridized carbons (Fsp3) is 0.394. The predicted molar refractivity (Wildman–Crippen MR) is 146 cm³/mol. The van der Waals surface area contributed by atoms with Crippen molar-refractivity contribution >= 4 is 0 Å². The summed E-state index contributed by atoms with van der Waals surface area (Å²) >= 11 is 0. The Hall–Kier alpha value is -2.80. The molecule has 1 aliphatic rings. The monoisotopic (exact) mass is 451 g/mol. The van der Waals surface area contributed by atoms with Gasteiger partial charge in [0.05, 0.1) is 0 Å². The number of nitrogens with one attached hydrogen (secondary N) is 1. The third kappa shape index (κ3) is 4.99. The van der Waals surface area contributed by atoms with Crippen LogP contribution < -0.4 is 5.32 Å². The molecule has 178 valence electrons. The van der Waals surface area contributed by atoms with E-state index in [4.69, 9.17) is 0 Å². The molecule has 0 aromatic heterocycles. The van der Waals surface area contributed by atoms with Gasteiger partial charge >= 0.3 is 0 Å². The summed E-state index contributed by atoms with van der Waals surface area (Å²) in [5.74, 6) is 0.411. The van der Waals surface area contributed by atoms with Crippen LogP contribution in [0.4, 0.5) is 0 Å². The van der Waals surface area contributed by atoms with Crippen LogP contribution in [0.2, 0.25) is 0 Å². The zero-order valence-electron chi connectivity index (χ0n) is 21.5. The Kier molecular flexibility index (Phi) is 7.31. The van der Waals surface area contributed by atoms with Crippen molar-refractivity contribution in [3.63, 3.8) is 0 Å². The first-order valence-electron chi connectivity index (χ1n) is 12.9. The lowest BCUT2D eigenvalue weighted by Crippen LogP contribution is -2.50. The zero-order valence-corrected chi connectivity index (χ0v) is 21.5. The van der Waals surface area contributed by atoms with Crippen molar-refractivity contribution in [2.75, 3.05) is 0 Å². The molecule has 1 aliphatic carbocycles. The Morgan fingerprint density at radius 2 is 1.47 bits per heavy atom. The van der Waals surface area contributed by atoms with E-state index < -0.39 is 0 Å². The maximum absolute atomic E-state index is 4.58. The molecule has 1 heteroatoms. The fourth-order valence-corrected chi connectivity index (χ4v) is 6.18. The van der Waals surface area contributed by atoms with Crippen LogP contribution in [0, 0.1) is 18.3 Å². The Morgan fingerprint density at radius 1 is 0.853 bits per heavy atom. The van der Waals surface area contributed by atoms with Crippen molar-refractivity contribution in [2.24, 2.45) is 11.3 Å². The molecular weight excluding hydrogens is 410 g/mol. The van der Waals surface area contributed by atoms with Crippen LogP contribution >= 0.6 is 0 Å². The van der Waals surface area contributed by atoms with Crippen molar-refractivity contribution in [1.82, 2.24) is 5.32 Å². The minimum Gasteiger partial charge on any atom is -0.384 e. The van der Waals surface area contributed by atoms with Crippen molar-refractivity contribution in [2.45, 2.75) is 71.8 Å². The number of aryl methyl sites for hydroxylation is 3. The van der Waals surface area contributed by atoms with Gasteiger partial charge in [-0.05, 0) is 65.8 Å². The third-order valence-electron chi connectivity index (χ3n) is 8.58. The van der Waals surface area contributed by atoms with Crippen LogP contribution in [-0.2, 0) is 24.8 Å². The van der Waals surface area contributed by atoms with Gasteiger partial charge in [-0.1, -0.05) is 113 Å². The first kappa shape index (κ1) is 24.3. The van der Waals surface area contributed by atoms with E-state index in [-0.39, 0.29) is 10.8 Å². The number of rotatable bonds is 8. The molecule has 2 atom stereocenters. The topological polar surface area (TPSA) is 12.0 Å². The van der Waals surface area contributed by atoms with E-state index in [1.807, 2.05) is 0 Å². The Balaban J connectivity index is 1.57. The minimum absolute atomic E-state index is 0.0358. The Bertz CT molecular complexity index is 1100. The largest absolute Gasteiger partial charge is 0.384 e. The van der Waals surface area contributed by atoms with E-state index in [0.717, 1.165) is 19.4 Å². The van der Waals surface area contributed by atoms with Crippen LogP contribution in [0.3, 0.4) is 0 Å². The van der Waals surface area contributed by atoms with Crippen molar-refractivity contribution in [3.05, 3.63) is 119 Å². The van der Waals surface area contributed by atoms with Crippen LogP contribution in [0.1, 0.15) is 67.9 Å². The molecule has 1 fully saturated rings. The first-order valence-corrected chi connectivity index (χ1v) is 12.9. The van der Waals surface area contributed by atoms with E-state index >= 15 is 0 Å². The van der Waals surface area contributed by atoms with Crippen LogP contribution in [0.5, 0.6) is 0 Å². The Labute approximate surface area is 207 Å². The molecule has 3 aromatic carbocycles. The quantitative estimate of drug-likeness (QED) is 0.364. The maximum atomic E-state index is 4.58. The average Bonchev–Trinajstić information content (AvgIpc) is 2.84. The number of allylic oxidation sites excluding steroid dienone is 1. The van der Waals surface area contributed by atoms with Crippen molar-refractivity contribution < 1.29 is 0 Å². The molecular formula is C33H41N. The van der Waals surface area contributed by atoms with E-state index in [2.05, 4.69) is 118 Å². The van der Waals surface area contributed by atoms with Crippen molar-refractivity contribution in [1.29, 1.82) is 0 Å².